The van der Waals surface area contributed by atoms with Gasteiger partial charge in [-0.3, -0.25) is 9.59 Å². The number of carbonyl (C=O) groups excluding carboxylic acids is 1. The fourth-order valence-corrected chi connectivity index (χ4v) is 9.70. The van der Waals surface area contributed by atoms with Gasteiger partial charge in [0.2, 0.25) is 6.29 Å². The van der Waals surface area contributed by atoms with E-state index in [4.69, 9.17) is 14.2 Å². The molecule has 0 radical (unpaired) electrons. The molecule has 178 valence electrons. The molecule has 0 aromatic heterocycles. The number of carboxylic acid groups (broad SMARTS) is 1. The zero-order valence-electron chi connectivity index (χ0n) is 19.3. The molecule has 7 nitrogen and oxygen atoms in total. The maximum absolute atomic E-state index is 12.3. The molecule has 2 N–H and O–H groups in total. The Morgan fingerprint density at radius 1 is 1.03 bits per heavy atom. The average Bonchev–Trinajstić information content (AvgIpc) is 3.17. The molecule has 3 unspecified atom stereocenters. The van der Waals surface area contributed by atoms with Gasteiger partial charge in [-0.2, -0.15) is 0 Å². The van der Waals surface area contributed by atoms with E-state index in [0.717, 1.165) is 44.9 Å². The van der Waals surface area contributed by atoms with E-state index >= 15 is 0 Å². The molecule has 3 aliphatic heterocycles. The molecule has 3 aliphatic carbocycles. The van der Waals surface area contributed by atoms with Crippen molar-refractivity contribution in [3.8, 4) is 0 Å². The predicted octanol–water partition coefficient (Wildman–Crippen LogP) is 3.48. The largest absolute Gasteiger partial charge is 0.481 e. The lowest BCUT2D eigenvalue weighted by Gasteiger charge is -2.66. The highest BCUT2D eigenvalue weighted by molar-refractivity contribution is 5.75. The molecule has 2 bridgehead atoms. The second-order valence-corrected chi connectivity index (χ2v) is 12.4. The van der Waals surface area contributed by atoms with Crippen LogP contribution >= 0.6 is 0 Å². The number of hydrogen-bond acceptors (Lipinski definition) is 6. The topological polar surface area (TPSA) is 102 Å². The van der Waals surface area contributed by atoms with Gasteiger partial charge in [-0.15, -0.1) is 0 Å². The molecule has 3 heterocycles. The van der Waals surface area contributed by atoms with Crippen molar-refractivity contribution in [1.82, 2.24) is 0 Å². The van der Waals surface area contributed by atoms with Gasteiger partial charge >= 0.3 is 11.9 Å². The standard InChI is InChI=1S/C25H36O7/c1-22-10-7-16-23(2,8-4-9-24(16,3)20(28)29)15(22)6-5-13-14(22)11-17(26)25-12-18(27)30-21(25)31-19(13)32-25/h13-17,19,21,26H,4-12H2,1-3H3,(H,28,29)/t13-,14+,15?,16?,17+,19+,21+,22-,23+,24-,25?/m0/s1. The smallest absolute Gasteiger partial charge is 0.311 e. The molecule has 32 heavy (non-hydrogen) atoms. The molecule has 0 amide bonds. The summed E-state index contributed by atoms with van der Waals surface area (Å²) in [6.07, 6.45) is 5.20. The van der Waals surface area contributed by atoms with Crippen molar-refractivity contribution in [3.63, 3.8) is 0 Å². The van der Waals surface area contributed by atoms with E-state index in [1.807, 2.05) is 6.92 Å². The van der Waals surface area contributed by atoms with Crippen molar-refractivity contribution in [2.75, 3.05) is 0 Å². The van der Waals surface area contributed by atoms with Crippen LogP contribution in [0.2, 0.25) is 0 Å². The molecule has 6 fully saturated rings. The molecule has 6 rings (SSSR count). The summed E-state index contributed by atoms with van der Waals surface area (Å²) in [7, 11) is 0. The van der Waals surface area contributed by atoms with Gasteiger partial charge in [-0.1, -0.05) is 20.3 Å². The van der Waals surface area contributed by atoms with Gasteiger partial charge in [-0.25, -0.2) is 0 Å². The first kappa shape index (κ1) is 21.4. The quantitative estimate of drug-likeness (QED) is 0.592. The second kappa shape index (κ2) is 6.48. The van der Waals surface area contributed by atoms with Crippen LogP contribution in [0.1, 0.15) is 78.6 Å². The number of fused-ring (bicyclic) bond motifs is 7. The number of aliphatic hydroxyl groups is 1. The molecular weight excluding hydrogens is 412 g/mol. The van der Waals surface area contributed by atoms with Gasteiger partial charge in [-0.05, 0) is 80.5 Å². The van der Waals surface area contributed by atoms with Crippen molar-refractivity contribution in [2.45, 2.75) is 103 Å². The van der Waals surface area contributed by atoms with Gasteiger partial charge in [0.25, 0.3) is 0 Å². The third-order valence-electron chi connectivity index (χ3n) is 11.2. The van der Waals surface area contributed by atoms with Crippen molar-refractivity contribution >= 4 is 11.9 Å². The molecule has 6 aliphatic rings. The first-order valence-corrected chi connectivity index (χ1v) is 12.5. The predicted molar refractivity (Wildman–Crippen MR) is 112 cm³/mol. The molecule has 3 saturated heterocycles. The number of carbonyl (C=O) groups is 2. The van der Waals surface area contributed by atoms with E-state index in [0.29, 0.717) is 12.3 Å². The minimum absolute atomic E-state index is 0.0152. The highest BCUT2D eigenvalue weighted by Gasteiger charge is 2.70. The summed E-state index contributed by atoms with van der Waals surface area (Å²) >= 11 is 0. The minimum Gasteiger partial charge on any atom is -0.481 e. The fourth-order valence-electron chi connectivity index (χ4n) is 9.70. The first-order chi connectivity index (χ1) is 15.0. The van der Waals surface area contributed by atoms with Gasteiger partial charge < -0.3 is 24.4 Å². The van der Waals surface area contributed by atoms with Crippen LogP contribution in [0.15, 0.2) is 0 Å². The van der Waals surface area contributed by atoms with Crippen LogP contribution in [-0.4, -0.2) is 46.4 Å². The zero-order chi connectivity index (χ0) is 22.7. The van der Waals surface area contributed by atoms with E-state index in [-0.39, 0.29) is 41.0 Å². The number of aliphatic hydroxyl groups excluding tert-OH is 1. The van der Waals surface area contributed by atoms with E-state index in [2.05, 4.69) is 13.8 Å². The lowest BCUT2D eigenvalue weighted by molar-refractivity contribution is -0.224. The Morgan fingerprint density at radius 3 is 2.56 bits per heavy atom. The Hall–Kier alpha value is -1.18. The first-order valence-electron chi connectivity index (χ1n) is 12.5. The van der Waals surface area contributed by atoms with Crippen molar-refractivity contribution < 1.29 is 34.0 Å². The summed E-state index contributed by atoms with van der Waals surface area (Å²) in [6, 6.07) is 0. The van der Waals surface area contributed by atoms with Crippen LogP contribution in [0.25, 0.3) is 0 Å². The van der Waals surface area contributed by atoms with E-state index < -0.39 is 35.7 Å². The van der Waals surface area contributed by atoms with Crippen LogP contribution in [0.4, 0.5) is 0 Å². The lowest BCUT2D eigenvalue weighted by atomic mass is 9.38. The molecule has 3 saturated carbocycles. The van der Waals surface area contributed by atoms with Gasteiger partial charge in [0.05, 0.1) is 17.9 Å². The number of rotatable bonds is 1. The average molecular weight is 449 g/mol. The molecule has 0 aromatic rings. The number of carboxylic acids is 1. The summed E-state index contributed by atoms with van der Waals surface area (Å²) in [4.78, 5) is 24.3. The summed E-state index contributed by atoms with van der Waals surface area (Å²) < 4.78 is 17.8. The van der Waals surface area contributed by atoms with Crippen LogP contribution in [0, 0.1) is 39.9 Å². The van der Waals surface area contributed by atoms with Gasteiger partial charge in [0.15, 0.2) is 11.9 Å². The molecule has 11 atom stereocenters. The molecule has 1 spiro atoms. The van der Waals surface area contributed by atoms with E-state index in [9.17, 15) is 19.8 Å². The Labute approximate surface area is 189 Å². The van der Waals surface area contributed by atoms with Crippen LogP contribution in [-0.2, 0) is 23.8 Å². The SMILES string of the molecule is C[C@]12CCC[C@](C)(C(=O)O)C1CC[C@]1(C)C2CC[C@@H]2[C@@H]3O[C@H]4OC(=O)CC4(O3)[C@H](O)C[C@H]21. The van der Waals surface area contributed by atoms with E-state index in [1.54, 1.807) is 0 Å². The van der Waals surface area contributed by atoms with Crippen LogP contribution < -0.4 is 0 Å². The number of hydrogen-bond donors (Lipinski definition) is 2. The highest BCUT2D eigenvalue weighted by Crippen LogP contribution is 2.71. The maximum atomic E-state index is 12.3. The Morgan fingerprint density at radius 2 is 1.81 bits per heavy atom. The molecule has 0 aromatic carbocycles. The van der Waals surface area contributed by atoms with Gasteiger partial charge in [0.1, 0.15) is 0 Å². The van der Waals surface area contributed by atoms with Crippen LogP contribution in [0.3, 0.4) is 0 Å². The minimum atomic E-state index is -1.07. The molecular formula is C25H36O7. The summed E-state index contributed by atoms with van der Waals surface area (Å²) in [6.45, 7) is 6.70. The third kappa shape index (κ3) is 2.43. The Kier molecular flexibility index (Phi) is 4.33. The maximum Gasteiger partial charge on any atom is 0.311 e. The van der Waals surface area contributed by atoms with Crippen LogP contribution in [0.5, 0.6) is 0 Å². The monoisotopic (exact) mass is 448 g/mol. The zero-order valence-corrected chi connectivity index (χ0v) is 19.3. The highest BCUT2D eigenvalue weighted by atomic mass is 16.8. The fraction of sp³-hybridized carbons (Fsp3) is 0.920. The van der Waals surface area contributed by atoms with Crippen molar-refractivity contribution in [2.24, 2.45) is 39.9 Å². The lowest BCUT2D eigenvalue weighted by Crippen LogP contribution is -2.62. The van der Waals surface area contributed by atoms with Crippen molar-refractivity contribution in [3.05, 3.63) is 0 Å². The normalized spacial score (nSPS) is 58.6. The number of aliphatic carboxylic acids is 1. The summed E-state index contributed by atoms with van der Waals surface area (Å²) in [5.41, 5.74) is -1.76. The molecule has 7 heteroatoms. The third-order valence-corrected chi connectivity index (χ3v) is 11.2. The Bertz CT molecular complexity index is 859. The van der Waals surface area contributed by atoms with E-state index in [1.165, 1.54) is 0 Å². The van der Waals surface area contributed by atoms with Gasteiger partial charge in [0, 0.05) is 5.92 Å². The summed E-state index contributed by atoms with van der Waals surface area (Å²) in [5, 5.41) is 21.5. The number of ether oxygens (including phenoxy) is 3. The Balaban J connectivity index is 1.36. The summed E-state index contributed by atoms with van der Waals surface area (Å²) in [5.74, 6) is -0.0560. The van der Waals surface area contributed by atoms with Crippen molar-refractivity contribution in [1.29, 1.82) is 0 Å². The second-order valence-electron chi connectivity index (χ2n) is 12.4. The number of esters is 1.